The Kier molecular flexibility index (Phi) is 4.12. The number of halogens is 3. The molecule has 2 N–H and O–H groups in total. The van der Waals surface area contributed by atoms with Crippen molar-refractivity contribution < 1.29 is 23.0 Å². The number of rotatable bonds is 4. The first kappa shape index (κ1) is 16.8. The lowest BCUT2D eigenvalue weighted by Crippen LogP contribution is -2.09. The molecule has 0 atom stereocenters. The summed E-state index contributed by atoms with van der Waals surface area (Å²) in [5.41, 5.74) is -0.918. The summed E-state index contributed by atoms with van der Waals surface area (Å²) < 4.78 is 43.8. The Morgan fingerprint density at radius 3 is 2.60 bits per heavy atom. The number of alkyl halides is 3. The van der Waals surface area contributed by atoms with E-state index in [1.165, 1.54) is 6.07 Å². The van der Waals surface area contributed by atoms with Gasteiger partial charge in [-0.25, -0.2) is 4.98 Å². The van der Waals surface area contributed by atoms with Gasteiger partial charge < -0.3 is 15.2 Å². The minimum absolute atomic E-state index is 0.0326. The SMILES string of the molecule is COc1cc(-c2nc(NC3CC3)nc(O)c2C#N)ccc1C(F)(F)F. The van der Waals surface area contributed by atoms with Gasteiger partial charge in [0.15, 0.2) is 0 Å². The van der Waals surface area contributed by atoms with E-state index in [9.17, 15) is 23.5 Å². The quantitative estimate of drug-likeness (QED) is 0.879. The molecule has 6 nitrogen and oxygen atoms in total. The molecule has 0 bridgehead atoms. The van der Waals surface area contributed by atoms with Gasteiger partial charge in [0.1, 0.15) is 17.4 Å². The molecule has 0 unspecified atom stereocenters. The van der Waals surface area contributed by atoms with E-state index in [2.05, 4.69) is 15.3 Å². The number of benzene rings is 1. The summed E-state index contributed by atoms with van der Waals surface area (Å²) >= 11 is 0. The van der Waals surface area contributed by atoms with Crippen LogP contribution >= 0.6 is 0 Å². The summed E-state index contributed by atoms with van der Waals surface area (Å²) in [5, 5.41) is 22.2. The number of nitrogens with zero attached hydrogens (tertiary/aromatic N) is 3. The number of nitriles is 1. The minimum atomic E-state index is -4.57. The number of ether oxygens (including phenoxy) is 1. The topological polar surface area (TPSA) is 91.1 Å². The third kappa shape index (κ3) is 3.42. The predicted octanol–water partition coefficient (Wildman–Crippen LogP) is 3.32. The molecular weight excluding hydrogens is 337 g/mol. The molecule has 1 aromatic carbocycles. The van der Waals surface area contributed by atoms with Gasteiger partial charge in [0.25, 0.3) is 0 Å². The Bertz CT molecular complexity index is 858. The fourth-order valence-electron chi connectivity index (χ4n) is 2.31. The zero-order valence-electron chi connectivity index (χ0n) is 13.1. The van der Waals surface area contributed by atoms with Crippen LogP contribution in [0.1, 0.15) is 24.0 Å². The van der Waals surface area contributed by atoms with E-state index >= 15 is 0 Å². The molecule has 1 heterocycles. The van der Waals surface area contributed by atoms with Crippen molar-refractivity contribution in [1.82, 2.24) is 9.97 Å². The van der Waals surface area contributed by atoms with Crippen LogP contribution in [0.25, 0.3) is 11.3 Å². The summed E-state index contributed by atoms with van der Waals surface area (Å²) in [6, 6.07) is 5.13. The molecule has 1 aliphatic rings. The molecule has 1 fully saturated rings. The number of anilines is 1. The van der Waals surface area contributed by atoms with Gasteiger partial charge in [-0.2, -0.15) is 23.4 Å². The molecule has 2 aromatic rings. The molecule has 3 rings (SSSR count). The van der Waals surface area contributed by atoms with Gasteiger partial charge in [-0.15, -0.1) is 0 Å². The molecule has 1 aromatic heterocycles. The van der Waals surface area contributed by atoms with Gasteiger partial charge in [0.05, 0.1) is 18.4 Å². The maximum Gasteiger partial charge on any atom is 0.419 e. The maximum absolute atomic E-state index is 13.0. The predicted molar refractivity (Wildman–Crippen MR) is 82.0 cm³/mol. The molecule has 0 saturated heterocycles. The molecule has 1 aliphatic carbocycles. The molecule has 0 spiro atoms. The molecular formula is C16H13F3N4O2. The zero-order chi connectivity index (χ0) is 18.2. The van der Waals surface area contributed by atoms with E-state index in [0.29, 0.717) is 0 Å². The van der Waals surface area contributed by atoms with Crippen LogP contribution in [0.4, 0.5) is 19.1 Å². The van der Waals surface area contributed by atoms with Gasteiger partial charge in [-0.05, 0) is 25.0 Å². The Morgan fingerprint density at radius 1 is 1.32 bits per heavy atom. The van der Waals surface area contributed by atoms with E-state index < -0.39 is 23.4 Å². The second-order valence-electron chi connectivity index (χ2n) is 5.54. The van der Waals surface area contributed by atoms with Crippen molar-refractivity contribution in [3.63, 3.8) is 0 Å². The standard InChI is InChI=1S/C16H13F3N4O2/c1-25-12-6-8(2-5-11(12)16(17,18)19)13-10(7-20)14(24)23-15(22-13)21-9-3-4-9/h2,5-6,9H,3-4H2,1H3,(H2,21,22,23,24). The van der Waals surface area contributed by atoms with Gasteiger partial charge in [-0.3, -0.25) is 0 Å². The van der Waals surface area contributed by atoms with Crippen molar-refractivity contribution in [1.29, 1.82) is 5.26 Å². The largest absolute Gasteiger partial charge is 0.496 e. The minimum Gasteiger partial charge on any atom is -0.496 e. The van der Waals surface area contributed by atoms with Gasteiger partial charge in [0, 0.05) is 11.6 Å². The first-order valence-electron chi connectivity index (χ1n) is 7.36. The Labute approximate surface area is 140 Å². The van der Waals surface area contributed by atoms with Crippen LogP contribution in [0.2, 0.25) is 0 Å². The zero-order valence-corrected chi connectivity index (χ0v) is 13.1. The molecule has 0 aliphatic heterocycles. The molecule has 0 radical (unpaired) electrons. The van der Waals surface area contributed by atoms with Gasteiger partial charge >= 0.3 is 6.18 Å². The van der Waals surface area contributed by atoms with Crippen LogP contribution in [-0.2, 0) is 6.18 Å². The highest BCUT2D eigenvalue weighted by Gasteiger charge is 2.34. The molecule has 25 heavy (non-hydrogen) atoms. The van der Waals surface area contributed by atoms with E-state index in [1.54, 1.807) is 6.07 Å². The van der Waals surface area contributed by atoms with Crippen LogP contribution in [-0.4, -0.2) is 28.2 Å². The number of hydrogen-bond acceptors (Lipinski definition) is 6. The van der Waals surface area contributed by atoms with Crippen LogP contribution < -0.4 is 10.1 Å². The number of methoxy groups -OCH3 is 1. The molecule has 1 saturated carbocycles. The molecule has 130 valence electrons. The first-order chi connectivity index (χ1) is 11.8. The average Bonchev–Trinajstić information content (AvgIpc) is 3.36. The highest BCUT2D eigenvalue weighted by molar-refractivity contribution is 5.72. The van der Waals surface area contributed by atoms with Crippen LogP contribution in [0.3, 0.4) is 0 Å². The van der Waals surface area contributed by atoms with Gasteiger partial charge in [-0.1, -0.05) is 6.07 Å². The second-order valence-corrected chi connectivity index (χ2v) is 5.54. The number of hydrogen-bond donors (Lipinski definition) is 2. The third-order valence-corrected chi connectivity index (χ3v) is 3.69. The van der Waals surface area contributed by atoms with Crippen molar-refractivity contribution >= 4 is 5.95 Å². The summed E-state index contributed by atoms with van der Waals surface area (Å²) in [6.45, 7) is 0. The highest BCUT2D eigenvalue weighted by atomic mass is 19.4. The summed E-state index contributed by atoms with van der Waals surface area (Å²) in [5.74, 6) is -0.814. The molecule has 0 amide bonds. The van der Waals surface area contributed by atoms with Crippen molar-refractivity contribution in [2.24, 2.45) is 0 Å². The number of nitrogens with one attached hydrogen (secondary N) is 1. The summed E-state index contributed by atoms with van der Waals surface area (Å²) in [4.78, 5) is 7.99. The van der Waals surface area contributed by atoms with Crippen LogP contribution in [0, 0.1) is 11.3 Å². The van der Waals surface area contributed by atoms with Crippen molar-refractivity contribution in [2.45, 2.75) is 25.1 Å². The second kappa shape index (κ2) is 6.12. The lowest BCUT2D eigenvalue weighted by molar-refractivity contribution is -0.138. The van der Waals surface area contributed by atoms with Crippen LogP contribution in [0.15, 0.2) is 18.2 Å². The Hall–Kier alpha value is -3.02. The lowest BCUT2D eigenvalue weighted by Gasteiger charge is -2.14. The smallest absolute Gasteiger partial charge is 0.419 e. The highest BCUT2D eigenvalue weighted by Crippen LogP contribution is 2.39. The van der Waals surface area contributed by atoms with Crippen molar-refractivity contribution in [3.05, 3.63) is 29.3 Å². The number of aromatic nitrogens is 2. The fraction of sp³-hybridized carbons (Fsp3) is 0.312. The van der Waals surface area contributed by atoms with Gasteiger partial charge in [0.2, 0.25) is 11.8 Å². The average molecular weight is 350 g/mol. The van der Waals surface area contributed by atoms with E-state index in [-0.39, 0.29) is 28.8 Å². The van der Waals surface area contributed by atoms with E-state index in [1.807, 2.05) is 0 Å². The number of aromatic hydroxyl groups is 1. The Balaban J connectivity index is 2.11. The summed E-state index contributed by atoms with van der Waals surface area (Å²) in [7, 11) is 1.12. The monoisotopic (exact) mass is 350 g/mol. The third-order valence-electron chi connectivity index (χ3n) is 3.69. The maximum atomic E-state index is 13.0. The van der Waals surface area contributed by atoms with Crippen molar-refractivity contribution in [2.75, 3.05) is 12.4 Å². The molecule has 9 heteroatoms. The normalized spacial score (nSPS) is 14.0. The fourth-order valence-corrected chi connectivity index (χ4v) is 2.31. The van der Waals surface area contributed by atoms with Crippen LogP contribution in [0.5, 0.6) is 11.6 Å². The summed E-state index contributed by atoms with van der Waals surface area (Å²) in [6.07, 6.45) is -2.70. The Morgan fingerprint density at radius 2 is 2.04 bits per heavy atom. The van der Waals surface area contributed by atoms with E-state index in [0.717, 1.165) is 32.1 Å². The van der Waals surface area contributed by atoms with E-state index in [4.69, 9.17) is 4.74 Å². The van der Waals surface area contributed by atoms with Crippen molar-refractivity contribution in [3.8, 4) is 29.0 Å². The first-order valence-corrected chi connectivity index (χ1v) is 7.36. The lowest BCUT2D eigenvalue weighted by atomic mass is 10.0.